The van der Waals surface area contributed by atoms with Gasteiger partial charge in [0.15, 0.2) is 5.78 Å². The molecule has 0 spiro atoms. The zero-order chi connectivity index (χ0) is 19.9. The number of anilines is 1. The molecular weight excluding hydrogens is 350 g/mol. The van der Waals surface area contributed by atoms with Crippen LogP contribution in [0.15, 0.2) is 54.2 Å². The average molecular weight is 367 g/mol. The van der Waals surface area contributed by atoms with Crippen molar-refractivity contribution in [2.24, 2.45) is 0 Å². The summed E-state index contributed by atoms with van der Waals surface area (Å²) >= 11 is 0. The number of allylic oxidation sites excluding steroid dienone is 2. The number of nitro benzene ring substituents is 2. The molecule has 0 unspecified atom stereocenters. The van der Waals surface area contributed by atoms with Gasteiger partial charge in [0.25, 0.3) is 11.4 Å². The van der Waals surface area contributed by atoms with Gasteiger partial charge in [0.2, 0.25) is 0 Å². The molecule has 2 aromatic carbocycles. The van der Waals surface area contributed by atoms with Gasteiger partial charge in [0, 0.05) is 36.0 Å². The van der Waals surface area contributed by atoms with Crippen LogP contribution in [0.4, 0.5) is 17.1 Å². The Morgan fingerprint density at radius 1 is 1.07 bits per heavy atom. The molecule has 8 heteroatoms. The number of nitro groups is 2. The van der Waals surface area contributed by atoms with E-state index in [9.17, 15) is 25.0 Å². The van der Waals surface area contributed by atoms with Gasteiger partial charge in [0.05, 0.1) is 15.9 Å². The minimum absolute atomic E-state index is 0.182. The van der Waals surface area contributed by atoms with Gasteiger partial charge in [-0.15, -0.1) is 0 Å². The van der Waals surface area contributed by atoms with Crippen LogP contribution in [-0.2, 0) is 5.41 Å². The summed E-state index contributed by atoms with van der Waals surface area (Å²) in [5, 5.41) is 22.2. The summed E-state index contributed by atoms with van der Waals surface area (Å²) in [6.45, 7) is 3.94. The van der Waals surface area contributed by atoms with Gasteiger partial charge < -0.3 is 4.90 Å². The molecule has 0 aromatic heterocycles. The molecule has 8 nitrogen and oxygen atoms in total. The number of nitrogens with zero attached hydrogens (tertiary/aromatic N) is 3. The molecule has 1 heterocycles. The number of likely N-dealkylation sites (N-methyl/N-ethyl adjacent to an activating group) is 1. The summed E-state index contributed by atoms with van der Waals surface area (Å²) in [5.41, 5.74) is 1.04. The second kappa shape index (κ2) is 6.31. The van der Waals surface area contributed by atoms with E-state index in [1.165, 1.54) is 6.08 Å². The lowest BCUT2D eigenvalue weighted by atomic mass is 9.83. The molecule has 0 amide bonds. The second-order valence-electron chi connectivity index (χ2n) is 6.81. The number of rotatable bonds is 4. The number of para-hydroxylation sites is 1. The van der Waals surface area contributed by atoms with Crippen molar-refractivity contribution < 1.29 is 14.6 Å². The van der Waals surface area contributed by atoms with E-state index >= 15 is 0 Å². The van der Waals surface area contributed by atoms with Gasteiger partial charge in [-0.1, -0.05) is 32.0 Å². The molecule has 1 aliphatic rings. The summed E-state index contributed by atoms with van der Waals surface area (Å²) in [6.07, 6.45) is 1.37. The summed E-state index contributed by atoms with van der Waals surface area (Å²) in [6, 6.07) is 10.8. The molecule has 1 aliphatic heterocycles. The Labute approximate surface area is 155 Å². The largest absolute Gasteiger partial charge is 0.347 e. The molecule has 0 aliphatic carbocycles. The van der Waals surface area contributed by atoms with Crippen LogP contribution in [0.1, 0.15) is 29.8 Å². The summed E-state index contributed by atoms with van der Waals surface area (Å²) in [5.74, 6) is -0.570. The van der Waals surface area contributed by atoms with Crippen LogP contribution in [0.25, 0.3) is 0 Å². The third-order valence-electron chi connectivity index (χ3n) is 4.86. The fraction of sp³-hybridized carbons (Fsp3) is 0.211. The van der Waals surface area contributed by atoms with Crippen molar-refractivity contribution in [1.82, 2.24) is 0 Å². The second-order valence-corrected chi connectivity index (χ2v) is 6.81. The molecule has 0 atom stereocenters. The van der Waals surface area contributed by atoms with E-state index in [0.717, 1.165) is 29.4 Å². The maximum atomic E-state index is 12.8. The SMILES string of the molecule is CN1C(=CC(=O)c2ccc([N+](=O)[O-])cc2[N+](=O)[O-])C(C)(C)c2ccccc21. The molecular formula is C19H17N3O5. The summed E-state index contributed by atoms with van der Waals surface area (Å²) in [4.78, 5) is 35.4. The molecule has 0 fully saturated rings. The van der Waals surface area contributed by atoms with E-state index in [0.29, 0.717) is 5.70 Å². The van der Waals surface area contributed by atoms with Crippen LogP contribution < -0.4 is 4.90 Å². The first-order valence-corrected chi connectivity index (χ1v) is 8.17. The smallest absolute Gasteiger partial charge is 0.287 e. The summed E-state index contributed by atoms with van der Waals surface area (Å²) < 4.78 is 0. The third kappa shape index (κ3) is 2.95. The van der Waals surface area contributed by atoms with Crippen molar-refractivity contribution in [2.75, 3.05) is 11.9 Å². The first-order chi connectivity index (χ1) is 12.6. The summed E-state index contributed by atoms with van der Waals surface area (Å²) in [7, 11) is 1.83. The van der Waals surface area contributed by atoms with Crippen LogP contribution in [-0.4, -0.2) is 22.7 Å². The Bertz CT molecular complexity index is 1010. The minimum atomic E-state index is -0.781. The van der Waals surface area contributed by atoms with Crippen molar-refractivity contribution in [3.05, 3.63) is 85.6 Å². The number of ketones is 1. The lowest BCUT2D eigenvalue weighted by Gasteiger charge is -2.23. The van der Waals surface area contributed by atoms with Crippen LogP contribution in [0, 0.1) is 20.2 Å². The monoisotopic (exact) mass is 367 g/mol. The molecule has 0 N–H and O–H groups in total. The van der Waals surface area contributed by atoms with Gasteiger partial charge >= 0.3 is 0 Å². The number of fused-ring (bicyclic) bond motifs is 1. The molecule has 2 aromatic rings. The highest BCUT2D eigenvalue weighted by molar-refractivity contribution is 6.08. The van der Waals surface area contributed by atoms with Crippen molar-refractivity contribution in [3.63, 3.8) is 0 Å². The van der Waals surface area contributed by atoms with Crippen LogP contribution in [0.3, 0.4) is 0 Å². The maximum Gasteiger partial charge on any atom is 0.287 e. The van der Waals surface area contributed by atoms with E-state index < -0.39 is 32.4 Å². The molecule has 0 bridgehead atoms. The van der Waals surface area contributed by atoms with Gasteiger partial charge in [-0.3, -0.25) is 25.0 Å². The average Bonchev–Trinajstić information content (AvgIpc) is 2.82. The molecule has 0 saturated carbocycles. The van der Waals surface area contributed by atoms with E-state index in [-0.39, 0.29) is 5.56 Å². The first kappa shape index (κ1) is 18.2. The van der Waals surface area contributed by atoms with E-state index in [2.05, 4.69) is 0 Å². The van der Waals surface area contributed by atoms with Crippen LogP contribution in [0.5, 0.6) is 0 Å². The van der Waals surface area contributed by atoms with Crippen molar-refractivity contribution in [3.8, 4) is 0 Å². The first-order valence-electron chi connectivity index (χ1n) is 8.17. The quantitative estimate of drug-likeness (QED) is 0.350. The number of hydrogen-bond donors (Lipinski definition) is 0. The van der Waals surface area contributed by atoms with Crippen LogP contribution in [0.2, 0.25) is 0 Å². The van der Waals surface area contributed by atoms with Gasteiger partial charge in [-0.05, 0) is 17.7 Å². The predicted octanol–water partition coefficient (Wildman–Crippen LogP) is 4.00. The molecule has 0 saturated heterocycles. The van der Waals surface area contributed by atoms with Gasteiger partial charge in [-0.2, -0.15) is 0 Å². The van der Waals surface area contributed by atoms with Crippen molar-refractivity contribution in [2.45, 2.75) is 19.3 Å². The minimum Gasteiger partial charge on any atom is -0.347 e. The maximum absolute atomic E-state index is 12.8. The number of benzene rings is 2. The highest BCUT2D eigenvalue weighted by atomic mass is 16.6. The number of carbonyl (C=O) groups excluding carboxylic acids is 1. The van der Waals surface area contributed by atoms with Crippen molar-refractivity contribution >= 4 is 22.8 Å². The fourth-order valence-electron chi connectivity index (χ4n) is 3.45. The molecule has 0 radical (unpaired) electrons. The lowest BCUT2D eigenvalue weighted by Crippen LogP contribution is -2.24. The molecule has 27 heavy (non-hydrogen) atoms. The highest BCUT2D eigenvalue weighted by Gasteiger charge is 2.39. The Morgan fingerprint density at radius 2 is 1.74 bits per heavy atom. The predicted molar refractivity (Wildman–Crippen MR) is 100 cm³/mol. The van der Waals surface area contributed by atoms with E-state index in [4.69, 9.17) is 0 Å². The Kier molecular flexibility index (Phi) is 4.27. The van der Waals surface area contributed by atoms with E-state index in [1.54, 1.807) is 0 Å². The third-order valence-corrected chi connectivity index (χ3v) is 4.86. The van der Waals surface area contributed by atoms with Gasteiger partial charge in [-0.25, -0.2) is 0 Å². The Hall–Kier alpha value is -3.55. The standard InChI is InChI=1S/C19H17N3O5/c1-19(2)14-6-4-5-7-15(14)20(3)18(19)11-17(23)13-9-8-12(21(24)25)10-16(13)22(26)27/h4-11H,1-3H3. The number of hydrogen-bond acceptors (Lipinski definition) is 6. The normalized spacial score (nSPS) is 16.3. The Morgan fingerprint density at radius 3 is 2.33 bits per heavy atom. The zero-order valence-electron chi connectivity index (χ0n) is 15.0. The zero-order valence-corrected chi connectivity index (χ0v) is 15.0. The van der Waals surface area contributed by atoms with Crippen LogP contribution >= 0.6 is 0 Å². The van der Waals surface area contributed by atoms with E-state index in [1.807, 2.05) is 50.1 Å². The highest BCUT2D eigenvalue weighted by Crippen LogP contribution is 2.46. The lowest BCUT2D eigenvalue weighted by molar-refractivity contribution is -0.394. The topological polar surface area (TPSA) is 107 Å². The molecule has 138 valence electrons. The fourth-order valence-corrected chi connectivity index (χ4v) is 3.45. The van der Waals surface area contributed by atoms with Gasteiger partial charge in [0.1, 0.15) is 5.56 Å². The molecule has 3 rings (SSSR count). The van der Waals surface area contributed by atoms with Crippen molar-refractivity contribution in [1.29, 1.82) is 0 Å². The Balaban J connectivity index is 2.08. The number of non-ortho nitro benzene ring substituents is 1. The number of carbonyl (C=O) groups is 1.